The molecule has 0 saturated carbocycles. The van der Waals surface area contributed by atoms with E-state index in [1.165, 1.54) is 0 Å². The minimum Gasteiger partial charge on any atom is -0.748 e. The van der Waals surface area contributed by atoms with Gasteiger partial charge in [0.15, 0.2) is 6.54 Å². The third-order valence-electron chi connectivity index (χ3n) is 6.97. The maximum absolute atomic E-state index is 11.4. The monoisotopic (exact) mass is 658 g/mol. The summed E-state index contributed by atoms with van der Waals surface area (Å²) in [6, 6.07) is 18.4. The van der Waals surface area contributed by atoms with Gasteiger partial charge < -0.3 is 9.45 Å². The fourth-order valence-corrected chi connectivity index (χ4v) is 9.23. The molecule has 2 aromatic heterocycles. The molecule has 5 aromatic rings. The van der Waals surface area contributed by atoms with Crippen LogP contribution in [0.5, 0.6) is 0 Å². The van der Waals surface area contributed by atoms with Crippen molar-refractivity contribution in [2.75, 3.05) is 23.0 Å². The molecular weight excluding hydrogens is 633 g/mol. The van der Waals surface area contributed by atoms with Crippen molar-refractivity contribution in [1.29, 1.82) is 0 Å². The molecule has 6 rings (SSSR count). The summed E-state index contributed by atoms with van der Waals surface area (Å²) in [5, 5.41) is 7.13. The zero-order valence-electron chi connectivity index (χ0n) is 22.2. The summed E-state index contributed by atoms with van der Waals surface area (Å²) >= 11 is 4.84. The molecule has 3 aromatic carbocycles. The molecular formula is C29H26N2O6S5. The van der Waals surface area contributed by atoms with Gasteiger partial charge in [-0.1, -0.05) is 59.5 Å². The molecule has 0 aliphatic carbocycles. The van der Waals surface area contributed by atoms with Crippen LogP contribution in [0, 0.1) is 0 Å². The smallest absolute Gasteiger partial charge is 0.264 e. The van der Waals surface area contributed by atoms with Crippen LogP contribution in [0.1, 0.15) is 17.8 Å². The molecule has 0 fully saturated rings. The van der Waals surface area contributed by atoms with Gasteiger partial charge in [0.1, 0.15) is 4.70 Å². The highest BCUT2D eigenvalue weighted by Crippen LogP contribution is 2.49. The van der Waals surface area contributed by atoms with Crippen LogP contribution in [-0.4, -0.2) is 44.0 Å². The number of allylic oxidation sites excluding steroid dienone is 2. The van der Waals surface area contributed by atoms with Crippen LogP contribution in [-0.2, 0) is 26.8 Å². The van der Waals surface area contributed by atoms with Crippen molar-refractivity contribution in [3.05, 3.63) is 82.2 Å². The minimum absolute atomic E-state index is 0.213. The van der Waals surface area contributed by atoms with Crippen LogP contribution in [0.25, 0.3) is 37.2 Å². The third-order valence-corrected chi connectivity index (χ3v) is 11.7. The summed E-state index contributed by atoms with van der Waals surface area (Å²) in [6.07, 6.45) is 6.40. The van der Waals surface area contributed by atoms with E-state index in [4.69, 9.17) is 0 Å². The third kappa shape index (κ3) is 6.27. The summed E-state index contributed by atoms with van der Waals surface area (Å²) in [6.45, 7) is 0.802. The first-order chi connectivity index (χ1) is 20.1. The Hall–Kier alpha value is -2.78. The number of aromatic nitrogens is 1. The molecule has 0 radical (unpaired) electrons. The second-order valence-corrected chi connectivity index (χ2v) is 16.0. The van der Waals surface area contributed by atoms with Crippen molar-refractivity contribution in [3.63, 3.8) is 0 Å². The van der Waals surface area contributed by atoms with Crippen LogP contribution in [0.4, 0.5) is 5.69 Å². The van der Waals surface area contributed by atoms with E-state index in [0.29, 0.717) is 13.1 Å². The number of thiazole rings is 1. The summed E-state index contributed by atoms with van der Waals surface area (Å²) in [7, 11) is -8.39. The topological polar surface area (TPSA) is 119 Å². The van der Waals surface area contributed by atoms with E-state index in [2.05, 4.69) is 45.9 Å². The van der Waals surface area contributed by atoms with Gasteiger partial charge in [-0.25, -0.2) is 8.42 Å². The Labute approximate surface area is 256 Å². The maximum Gasteiger partial charge on any atom is 0.264 e. The van der Waals surface area contributed by atoms with Gasteiger partial charge in [0, 0.05) is 39.8 Å². The Bertz CT molecular complexity index is 2100. The molecule has 0 unspecified atom stereocenters. The fraction of sp³-hybridized carbons (Fsp3) is 0.207. The number of nitrogens with zero attached hydrogens (tertiary/aromatic N) is 2. The summed E-state index contributed by atoms with van der Waals surface area (Å²) in [5.41, 5.74) is 2.04. The van der Waals surface area contributed by atoms with Gasteiger partial charge in [0.2, 0.25) is 5.52 Å². The molecule has 42 heavy (non-hydrogen) atoms. The van der Waals surface area contributed by atoms with Crippen molar-refractivity contribution in [2.24, 2.45) is 0 Å². The number of thiophene rings is 1. The minimum atomic E-state index is -4.32. The van der Waals surface area contributed by atoms with Crippen LogP contribution in [0.3, 0.4) is 0 Å². The maximum atomic E-state index is 11.4. The molecule has 218 valence electrons. The lowest BCUT2D eigenvalue weighted by molar-refractivity contribution is -0.667. The molecule has 3 heterocycles. The molecule has 0 atom stereocenters. The van der Waals surface area contributed by atoms with E-state index in [1.54, 1.807) is 34.4 Å². The van der Waals surface area contributed by atoms with E-state index in [9.17, 15) is 25.9 Å². The number of rotatable bonds is 10. The zero-order valence-corrected chi connectivity index (χ0v) is 26.3. The highest BCUT2D eigenvalue weighted by Gasteiger charge is 2.27. The van der Waals surface area contributed by atoms with Gasteiger partial charge in [0.05, 0.1) is 32.0 Å². The second kappa shape index (κ2) is 11.7. The van der Waals surface area contributed by atoms with Crippen molar-refractivity contribution < 1.29 is 30.5 Å². The largest absolute Gasteiger partial charge is 0.748 e. The first-order valence-electron chi connectivity index (χ1n) is 13.1. The molecule has 0 bridgehead atoms. The number of hydrogen-bond acceptors (Lipinski definition) is 9. The molecule has 0 saturated heterocycles. The molecule has 8 nitrogen and oxygen atoms in total. The molecule has 0 spiro atoms. The quantitative estimate of drug-likeness (QED) is 0.139. The van der Waals surface area contributed by atoms with Crippen molar-refractivity contribution >= 4 is 97.5 Å². The number of aryl methyl sites for hydroxylation is 1. The Kier molecular flexibility index (Phi) is 8.17. The molecule has 1 N–H and O–H groups in total. The van der Waals surface area contributed by atoms with Crippen LogP contribution >= 0.6 is 34.4 Å². The highest BCUT2D eigenvalue weighted by molar-refractivity contribution is 8.03. The second-order valence-electron chi connectivity index (χ2n) is 9.84. The van der Waals surface area contributed by atoms with Crippen molar-refractivity contribution in [1.82, 2.24) is 0 Å². The van der Waals surface area contributed by atoms with Crippen LogP contribution < -0.4 is 9.47 Å². The predicted molar refractivity (Wildman–Crippen MR) is 172 cm³/mol. The SMILES string of the molecule is O=S(=O)([O-])CCC[n+]1c(/C=C/C=C2/Sc3ccc4ccccc4c3N2CCCS(=O)(=O)O)sc2ccc3sccc3c21. The van der Waals surface area contributed by atoms with Gasteiger partial charge >= 0.3 is 0 Å². The first-order valence-corrected chi connectivity index (χ1v) is 18.8. The summed E-state index contributed by atoms with van der Waals surface area (Å²) < 4.78 is 70.3. The van der Waals surface area contributed by atoms with E-state index < -0.39 is 26.0 Å². The van der Waals surface area contributed by atoms with Gasteiger partial charge in [-0.15, -0.1) is 11.3 Å². The number of fused-ring (bicyclic) bond motifs is 6. The Morgan fingerprint density at radius 2 is 1.74 bits per heavy atom. The lowest BCUT2D eigenvalue weighted by atomic mass is 10.1. The van der Waals surface area contributed by atoms with Crippen LogP contribution in [0.15, 0.2) is 82.1 Å². The van der Waals surface area contributed by atoms with Gasteiger partial charge in [0.25, 0.3) is 15.1 Å². The molecule has 0 amide bonds. The highest BCUT2D eigenvalue weighted by atomic mass is 32.2. The average molecular weight is 659 g/mol. The van der Waals surface area contributed by atoms with E-state index in [-0.39, 0.29) is 18.6 Å². The van der Waals surface area contributed by atoms with Crippen molar-refractivity contribution in [2.45, 2.75) is 24.3 Å². The average Bonchev–Trinajstić information content (AvgIpc) is 3.63. The van der Waals surface area contributed by atoms with Gasteiger partial charge in [-0.05, 0) is 47.5 Å². The van der Waals surface area contributed by atoms with E-state index in [1.807, 2.05) is 41.8 Å². The number of benzene rings is 3. The number of hydrogen-bond donors (Lipinski definition) is 1. The number of thioether (sulfide) groups is 1. The summed E-state index contributed by atoms with van der Waals surface area (Å²) in [4.78, 5) is 3.17. The Morgan fingerprint density at radius 1 is 0.929 bits per heavy atom. The van der Waals surface area contributed by atoms with Gasteiger partial charge in [-0.3, -0.25) is 4.55 Å². The predicted octanol–water partition coefficient (Wildman–Crippen LogP) is 6.24. The lowest BCUT2D eigenvalue weighted by Gasteiger charge is -2.21. The van der Waals surface area contributed by atoms with E-state index in [0.717, 1.165) is 51.7 Å². The molecule has 1 aliphatic rings. The fourth-order valence-electron chi connectivity index (χ4n) is 5.23. The molecule has 1 aliphatic heterocycles. The Balaban J connectivity index is 1.36. The number of anilines is 1. The zero-order chi connectivity index (χ0) is 29.5. The Morgan fingerprint density at radius 3 is 2.55 bits per heavy atom. The standard InChI is InChI=1S/C29H26N2O6S5/c32-41(33,34)18-4-15-30-26(39-24-11-10-20-6-1-2-7-21(20)28(24)30)8-3-9-27-31(16-5-19-42(35,36)37)29-22-14-17-38-23(22)12-13-25(29)40-27/h1-3,6-14,17H,4-5,15-16,18-19H2,(H-,32,33,34,35,36,37). The van der Waals surface area contributed by atoms with Crippen molar-refractivity contribution in [3.8, 4) is 0 Å². The lowest BCUT2D eigenvalue weighted by Crippen LogP contribution is -2.36. The molecule has 13 heteroatoms. The summed E-state index contributed by atoms with van der Waals surface area (Å²) in [5.74, 6) is -0.749. The first kappa shape index (κ1) is 29.3. The van der Waals surface area contributed by atoms with Gasteiger partial charge in [-0.2, -0.15) is 13.0 Å². The normalized spacial score (nSPS) is 15.2. The van der Waals surface area contributed by atoms with Crippen LogP contribution in [0.2, 0.25) is 0 Å². The van der Waals surface area contributed by atoms with E-state index >= 15 is 0 Å².